The zero-order valence-corrected chi connectivity index (χ0v) is 15.1. The van der Waals surface area contributed by atoms with E-state index in [-0.39, 0.29) is 24.3 Å². The van der Waals surface area contributed by atoms with Crippen molar-refractivity contribution < 1.29 is 14.3 Å². The van der Waals surface area contributed by atoms with Crippen LogP contribution < -0.4 is 15.4 Å². The van der Waals surface area contributed by atoms with E-state index in [2.05, 4.69) is 15.6 Å². The Morgan fingerprint density at radius 1 is 1.08 bits per heavy atom. The number of carbonyl (C=O) groups excluding carboxylic acids is 2. The molecule has 0 radical (unpaired) electrons. The maximum absolute atomic E-state index is 12.4. The van der Waals surface area contributed by atoms with Crippen LogP contribution in [0, 0.1) is 5.92 Å². The summed E-state index contributed by atoms with van der Waals surface area (Å²) in [7, 11) is 0. The van der Waals surface area contributed by atoms with Gasteiger partial charge in [0.1, 0.15) is 11.8 Å². The highest BCUT2D eigenvalue weighted by Crippen LogP contribution is 2.08. The molecule has 1 heterocycles. The van der Waals surface area contributed by atoms with Gasteiger partial charge in [0.25, 0.3) is 5.91 Å². The number of aromatic nitrogens is 1. The summed E-state index contributed by atoms with van der Waals surface area (Å²) in [4.78, 5) is 28.7. The van der Waals surface area contributed by atoms with Crippen LogP contribution in [0.3, 0.4) is 0 Å². The minimum Gasteiger partial charge on any atom is -0.484 e. The van der Waals surface area contributed by atoms with Crippen molar-refractivity contribution in [1.82, 2.24) is 15.6 Å². The number of ether oxygens (including phenoxy) is 1. The monoisotopic (exact) mass is 355 g/mol. The molecule has 2 rings (SSSR count). The Bertz CT molecular complexity index is 690. The van der Waals surface area contributed by atoms with E-state index in [1.807, 2.05) is 50.2 Å². The van der Waals surface area contributed by atoms with E-state index in [1.54, 1.807) is 18.3 Å². The maximum atomic E-state index is 12.4. The largest absolute Gasteiger partial charge is 0.484 e. The molecule has 138 valence electrons. The van der Waals surface area contributed by atoms with Gasteiger partial charge in [0.15, 0.2) is 6.61 Å². The Labute approximate surface area is 154 Å². The normalized spacial score (nSPS) is 11.7. The number of carbonyl (C=O) groups is 2. The minimum atomic E-state index is -0.606. The van der Waals surface area contributed by atoms with Crippen LogP contribution >= 0.6 is 0 Å². The molecule has 2 N–H and O–H groups in total. The molecule has 0 aliphatic heterocycles. The molecule has 0 unspecified atom stereocenters. The fourth-order valence-corrected chi connectivity index (χ4v) is 2.39. The number of nitrogens with zero attached hydrogens (tertiary/aromatic N) is 1. The SMILES string of the molecule is CC(C)[C@H](NC(=O)COc1ccccc1)C(=O)NCCc1ccccn1. The number of pyridine rings is 1. The van der Waals surface area contributed by atoms with Gasteiger partial charge in [-0.2, -0.15) is 0 Å². The number of hydrogen-bond donors (Lipinski definition) is 2. The quantitative estimate of drug-likeness (QED) is 0.721. The zero-order valence-electron chi connectivity index (χ0n) is 15.1. The molecule has 0 saturated heterocycles. The van der Waals surface area contributed by atoms with Crippen LogP contribution in [0.2, 0.25) is 0 Å². The summed E-state index contributed by atoms with van der Waals surface area (Å²) in [5, 5.41) is 5.60. The van der Waals surface area contributed by atoms with Gasteiger partial charge in [-0.25, -0.2) is 0 Å². The first-order valence-corrected chi connectivity index (χ1v) is 8.71. The Morgan fingerprint density at radius 2 is 1.81 bits per heavy atom. The van der Waals surface area contributed by atoms with Gasteiger partial charge in [-0.3, -0.25) is 14.6 Å². The van der Waals surface area contributed by atoms with Gasteiger partial charge in [-0.05, 0) is 30.2 Å². The molecule has 2 aromatic rings. The summed E-state index contributed by atoms with van der Waals surface area (Å²) >= 11 is 0. The van der Waals surface area contributed by atoms with Gasteiger partial charge in [0, 0.05) is 24.9 Å². The molecule has 1 aromatic carbocycles. The van der Waals surface area contributed by atoms with E-state index >= 15 is 0 Å². The van der Waals surface area contributed by atoms with E-state index in [0.29, 0.717) is 18.7 Å². The van der Waals surface area contributed by atoms with Crippen LogP contribution in [0.25, 0.3) is 0 Å². The van der Waals surface area contributed by atoms with E-state index in [0.717, 1.165) is 5.69 Å². The fraction of sp³-hybridized carbons (Fsp3) is 0.350. The number of benzene rings is 1. The third-order valence-corrected chi connectivity index (χ3v) is 3.79. The zero-order chi connectivity index (χ0) is 18.8. The number of nitrogens with one attached hydrogen (secondary N) is 2. The predicted octanol–water partition coefficient (Wildman–Crippen LogP) is 1.96. The molecule has 0 spiro atoms. The van der Waals surface area contributed by atoms with Crippen molar-refractivity contribution in [2.45, 2.75) is 26.3 Å². The highest BCUT2D eigenvalue weighted by Gasteiger charge is 2.24. The molecule has 26 heavy (non-hydrogen) atoms. The van der Waals surface area contributed by atoms with Crippen molar-refractivity contribution in [3.63, 3.8) is 0 Å². The molecule has 0 aliphatic carbocycles. The number of hydrogen-bond acceptors (Lipinski definition) is 4. The predicted molar refractivity (Wildman–Crippen MR) is 99.7 cm³/mol. The Morgan fingerprint density at radius 3 is 2.46 bits per heavy atom. The smallest absolute Gasteiger partial charge is 0.258 e. The van der Waals surface area contributed by atoms with Gasteiger partial charge in [-0.1, -0.05) is 38.1 Å². The van der Waals surface area contributed by atoms with Crippen LogP contribution in [-0.4, -0.2) is 36.0 Å². The van der Waals surface area contributed by atoms with Gasteiger partial charge in [-0.15, -0.1) is 0 Å². The molecule has 1 atom stereocenters. The average molecular weight is 355 g/mol. The summed E-state index contributed by atoms with van der Waals surface area (Å²) < 4.78 is 5.42. The molecular weight excluding hydrogens is 330 g/mol. The number of rotatable bonds is 9. The summed E-state index contributed by atoms with van der Waals surface area (Å²) in [6, 6.07) is 14.2. The second-order valence-electron chi connectivity index (χ2n) is 6.25. The maximum Gasteiger partial charge on any atom is 0.258 e. The molecule has 0 saturated carbocycles. The van der Waals surface area contributed by atoms with Crippen molar-refractivity contribution in [3.8, 4) is 5.75 Å². The average Bonchev–Trinajstić information content (AvgIpc) is 2.65. The van der Waals surface area contributed by atoms with Crippen LogP contribution in [-0.2, 0) is 16.0 Å². The summed E-state index contributed by atoms with van der Waals surface area (Å²) in [5.74, 6) is 0.0468. The van der Waals surface area contributed by atoms with E-state index in [1.165, 1.54) is 0 Å². The van der Waals surface area contributed by atoms with Crippen molar-refractivity contribution >= 4 is 11.8 Å². The Balaban J connectivity index is 1.79. The summed E-state index contributed by atoms with van der Waals surface area (Å²) in [6.07, 6.45) is 2.36. The van der Waals surface area contributed by atoms with Crippen molar-refractivity contribution in [1.29, 1.82) is 0 Å². The first kappa shape index (κ1) is 19.4. The first-order chi connectivity index (χ1) is 12.6. The summed E-state index contributed by atoms with van der Waals surface area (Å²) in [5.41, 5.74) is 0.911. The van der Waals surface area contributed by atoms with Gasteiger partial charge in [0.05, 0.1) is 0 Å². The van der Waals surface area contributed by atoms with E-state index < -0.39 is 6.04 Å². The number of amides is 2. The molecule has 1 aromatic heterocycles. The van der Waals surface area contributed by atoms with Crippen LogP contribution in [0.4, 0.5) is 0 Å². The highest BCUT2D eigenvalue weighted by atomic mass is 16.5. The van der Waals surface area contributed by atoms with Gasteiger partial charge < -0.3 is 15.4 Å². The second kappa shape index (κ2) is 10.2. The molecule has 0 aliphatic rings. The Hall–Kier alpha value is -2.89. The lowest BCUT2D eigenvalue weighted by Gasteiger charge is -2.21. The van der Waals surface area contributed by atoms with Gasteiger partial charge >= 0.3 is 0 Å². The van der Waals surface area contributed by atoms with Crippen molar-refractivity contribution in [2.75, 3.05) is 13.2 Å². The highest BCUT2D eigenvalue weighted by molar-refractivity contribution is 5.88. The first-order valence-electron chi connectivity index (χ1n) is 8.71. The fourth-order valence-electron chi connectivity index (χ4n) is 2.39. The molecule has 0 bridgehead atoms. The van der Waals surface area contributed by atoms with Crippen LogP contribution in [0.1, 0.15) is 19.5 Å². The minimum absolute atomic E-state index is 0.0366. The lowest BCUT2D eigenvalue weighted by atomic mass is 10.0. The van der Waals surface area contributed by atoms with E-state index in [9.17, 15) is 9.59 Å². The lowest BCUT2D eigenvalue weighted by molar-refractivity contribution is -0.131. The second-order valence-corrected chi connectivity index (χ2v) is 6.25. The third-order valence-electron chi connectivity index (χ3n) is 3.79. The van der Waals surface area contributed by atoms with Crippen LogP contribution in [0.15, 0.2) is 54.7 Å². The molecule has 6 nitrogen and oxygen atoms in total. The van der Waals surface area contributed by atoms with Crippen LogP contribution in [0.5, 0.6) is 5.75 Å². The molecular formula is C20H25N3O3. The molecule has 6 heteroatoms. The Kier molecular flexibility index (Phi) is 7.61. The number of para-hydroxylation sites is 1. The lowest BCUT2D eigenvalue weighted by Crippen LogP contribution is -2.51. The third kappa shape index (κ3) is 6.55. The molecule has 2 amide bonds. The van der Waals surface area contributed by atoms with E-state index in [4.69, 9.17) is 4.74 Å². The molecule has 0 fully saturated rings. The van der Waals surface area contributed by atoms with Crippen molar-refractivity contribution in [3.05, 3.63) is 60.4 Å². The summed E-state index contributed by atoms with van der Waals surface area (Å²) in [6.45, 7) is 4.12. The standard InChI is InChI=1S/C20H25N3O3/c1-15(2)19(20(25)22-13-11-16-8-6-7-12-21-16)23-18(24)14-26-17-9-4-3-5-10-17/h3-10,12,15,19H,11,13-14H2,1-2H3,(H,22,25)(H,23,24)/t19-/m0/s1. The van der Waals surface area contributed by atoms with Gasteiger partial charge in [0.2, 0.25) is 5.91 Å². The van der Waals surface area contributed by atoms with Crippen molar-refractivity contribution in [2.24, 2.45) is 5.92 Å². The topological polar surface area (TPSA) is 80.3 Å².